The molecular formula is C36H109N10+5. The first-order valence-corrected chi connectivity index (χ1v) is 14.6. The maximum absolute atomic E-state index is 2.21. The van der Waals surface area contributed by atoms with Gasteiger partial charge >= 0.3 is 0 Å². The SMILES string of the molecule is C.C.C.C.C.CN(C)C.CN(C)CN(C)C.CN(C)C[N+](C)(C)C.CN(C)C[N+](C)(C)C.C[N+](C)(C)C.C[N+](C)(C)C[N+](C)(C)C. The standard InChI is InChI=1S/C7H20N2.2C6H17N2.C5H14N2.C4H12N.C3H9N.5CH4/c1-8(2,3)7-9(4,5)6;2*1-7(2)6-8(3,4)5;1-6(2)5-7(3)4;1-5(2,3)4;1-4(2)3;;;;;/h7H2,1-6H3;2*6H2,1-5H3;5H2,1-4H3;1-4H3;1-3H3;5*1H4/q+2;2*+1;;+1;;;;;;. The predicted molar refractivity (Wildman–Crippen MR) is 224 cm³/mol. The first-order valence-electron chi connectivity index (χ1n) is 14.6. The van der Waals surface area contributed by atoms with Gasteiger partial charge in [0.1, 0.15) is 13.3 Å². The molecule has 0 heterocycles. The number of nitrogens with zero attached hydrogens (tertiary/aromatic N) is 10. The normalized spacial score (nSPS) is 11.0. The molecule has 0 bridgehead atoms. The molecule has 0 N–H and O–H groups in total. The van der Waals surface area contributed by atoms with Crippen molar-refractivity contribution in [3.8, 4) is 0 Å². The highest BCUT2D eigenvalue weighted by Crippen LogP contribution is 1.97. The third-order valence-electron chi connectivity index (χ3n) is 2.83. The average Bonchev–Trinajstić information content (AvgIpc) is 2.43. The van der Waals surface area contributed by atoms with Crippen LogP contribution in [0.1, 0.15) is 37.1 Å². The van der Waals surface area contributed by atoms with Gasteiger partial charge in [0, 0.05) is 6.67 Å². The van der Waals surface area contributed by atoms with Crippen LogP contribution in [0.3, 0.4) is 0 Å². The Morgan fingerprint density at radius 3 is 0.457 bits per heavy atom. The Balaban J connectivity index is -0.0000000353. The highest BCUT2D eigenvalue weighted by molar-refractivity contribution is 4.35. The van der Waals surface area contributed by atoms with Gasteiger partial charge in [-0.3, -0.25) is 28.6 Å². The van der Waals surface area contributed by atoms with E-state index in [1.54, 1.807) is 0 Å². The molecule has 0 saturated heterocycles. The van der Waals surface area contributed by atoms with Crippen LogP contribution in [0.4, 0.5) is 0 Å². The summed E-state index contributed by atoms with van der Waals surface area (Å²) < 4.78 is 5.08. The molecule has 0 rings (SSSR count). The van der Waals surface area contributed by atoms with Gasteiger partial charge in [-0.25, -0.2) is 0 Å². The van der Waals surface area contributed by atoms with E-state index in [0.29, 0.717) is 0 Å². The quantitative estimate of drug-likeness (QED) is 0.276. The van der Waals surface area contributed by atoms with E-state index in [1.807, 2.05) is 26.0 Å². The second-order valence-corrected chi connectivity index (χ2v) is 18.1. The third kappa shape index (κ3) is 206. The third-order valence-corrected chi connectivity index (χ3v) is 2.83. The molecule has 298 valence electrons. The average molecular weight is 682 g/mol. The molecule has 0 atom stereocenters. The second kappa shape index (κ2) is 35.9. The van der Waals surface area contributed by atoms with Gasteiger partial charge in [0.05, 0.1) is 113 Å². The van der Waals surface area contributed by atoms with Crippen molar-refractivity contribution in [3.05, 3.63) is 0 Å². The van der Waals surface area contributed by atoms with E-state index < -0.39 is 0 Å². The van der Waals surface area contributed by atoms with Gasteiger partial charge < -0.3 is 18.3 Å². The zero-order valence-electron chi connectivity index (χ0n) is 34.3. The van der Waals surface area contributed by atoms with Gasteiger partial charge in [0.2, 0.25) is 6.67 Å². The monoisotopic (exact) mass is 682 g/mol. The molecule has 0 aliphatic heterocycles. The van der Waals surface area contributed by atoms with Crippen molar-refractivity contribution in [2.45, 2.75) is 37.1 Å². The second-order valence-electron chi connectivity index (χ2n) is 18.1. The molecule has 0 spiro atoms. The summed E-state index contributed by atoms with van der Waals surface area (Å²) in [5.74, 6) is 0. The summed E-state index contributed by atoms with van der Waals surface area (Å²) in [7, 11) is 57.4. The first-order chi connectivity index (χ1) is 17.4. The molecule has 0 aromatic carbocycles. The van der Waals surface area contributed by atoms with E-state index in [9.17, 15) is 0 Å². The number of rotatable bonds is 8. The summed E-state index contributed by atoms with van der Waals surface area (Å²) in [6, 6.07) is 0. The minimum atomic E-state index is 0. The summed E-state index contributed by atoms with van der Waals surface area (Å²) in [4.78, 5) is 10.6. The van der Waals surface area contributed by atoms with Crippen molar-refractivity contribution < 1.29 is 22.4 Å². The van der Waals surface area contributed by atoms with E-state index in [4.69, 9.17) is 0 Å². The van der Waals surface area contributed by atoms with Gasteiger partial charge in [0.15, 0.2) is 0 Å². The molecule has 0 saturated carbocycles. The maximum atomic E-state index is 2.21. The predicted octanol–water partition coefficient (Wildman–Crippen LogP) is 4.53. The summed E-state index contributed by atoms with van der Waals surface area (Å²) >= 11 is 0. The van der Waals surface area contributed by atoms with Crippen molar-refractivity contribution >= 4 is 0 Å². The highest BCUT2D eigenvalue weighted by atomic mass is 15.5. The fourth-order valence-corrected chi connectivity index (χ4v) is 3.54. The fraction of sp³-hybridized carbons (Fsp3) is 1.00. The van der Waals surface area contributed by atoms with Crippen LogP contribution in [0, 0.1) is 0 Å². The molecule has 0 aromatic rings. The van der Waals surface area contributed by atoms with Gasteiger partial charge in [-0.05, 0) is 77.5 Å². The molecule has 0 aliphatic carbocycles. The van der Waals surface area contributed by atoms with Crippen molar-refractivity contribution in [1.82, 2.24) is 24.5 Å². The van der Waals surface area contributed by atoms with Gasteiger partial charge in [-0.2, -0.15) is 0 Å². The summed E-state index contributed by atoms with van der Waals surface area (Å²) in [5, 5.41) is 0. The summed E-state index contributed by atoms with van der Waals surface area (Å²) in [5.41, 5.74) is 0. The smallest absolute Gasteiger partial charge is 0.206 e. The number of quaternary nitrogens is 5. The zero-order valence-corrected chi connectivity index (χ0v) is 34.3. The molecule has 0 amide bonds. The molecule has 10 heteroatoms. The van der Waals surface area contributed by atoms with Crippen molar-refractivity contribution in [3.63, 3.8) is 0 Å². The molecule has 0 unspecified atom stereocenters. The minimum Gasteiger partial charge on any atom is -0.333 e. The van der Waals surface area contributed by atoms with E-state index in [0.717, 1.165) is 42.4 Å². The van der Waals surface area contributed by atoms with Crippen LogP contribution in [0.15, 0.2) is 0 Å². The van der Waals surface area contributed by atoms with E-state index in [-0.39, 0.29) is 37.1 Å². The molecule has 0 radical (unpaired) electrons. The van der Waals surface area contributed by atoms with Crippen molar-refractivity contribution in [2.75, 3.05) is 217 Å². The summed E-state index contributed by atoms with van der Waals surface area (Å²) in [6.07, 6.45) is 0. The number of hydrogen-bond acceptors (Lipinski definition) is 5. The largest absolute Gasteiger partial charge is 0.333 e. The van der Waals surface area contributed by atoms with Crippen LogP contribution < -0.4 is 0 Å². The Bertz CT molecular complexity index is 481. The molecular weight excluding hydrogens is 572 g/mol. The van der Waals surface area contributed by atoms with Gasteiger partial charge in [-0.1, -0.05) is 37.1 Å². The minimum absolute atomic E-state index is 0. The lowest BCUT2D eigenvalue weighted by molar-refractivity contribution is -1.05. The fourth-order valence-electron chi connectivity index (χ4n) is 3.54. The topological polar surface area (TPSA) is 16.2 Å². The Hall–Kier alpha value is -0.400. The van der Waals surface area contributed by atoms with Crippen molar-refractivity contribution in [2.24, 2.45) is 0 Å². The Morgan fingerprint density at radius 2 is 0.457 bits per heavy atom. The number of hydrogen-bond donors (Lipinski definition) is 0. The molecule has 10 nitrogen and oxygen atoms in total. The Kier molecular flexibility index (Phi) is 59.1. The maximum Gasteiger partial charge on any atom is 0.206 e. The lowest BCUT2D eigenvalue weighted by Crippen LogP contribution is -2.51. The van der Waals surface area contributed by atoms with Crippen LogP contribution >= 0.6 is 0 Å². The van der Waals surface area contributed by atoms with E-state index >= 15 is 0 Å². The molecule has 0 fully saturated rings. The molecule has 0 aliphatic rings. The Labute approximate surface area is 300 Å². The summed E-state index contributed by atoms with van der Waals surface area (Å²) in [6.45, 7) is 4.39. The van der Waals surface area contributed by atoms with Crippen LogP contribution in [0.5, 0.6) is 0 Å². The van der Waals surface area contributed by atoms with Crippen LogP contribution in [-0.4, -0.2) is 264 Å². The highest BCUT2D eigenvalue weighted by Gasteiger charge is 2.17. The first kappa shape index (κ1) is 75.8. The van der Waals surface area contributed by atoms with Crippen LogP contribution in [0.2, 0.25) is 0 Å². The van der Waals surface area contributed by atoms with Crippen molar-refractivity contribution in [1.29, 1.82) is 0 Å². The van der Waals surface area contributed by atoms with Crippen LogP contribution in [-0.2, 0) is 0 Å². The Morgan fingerprint density at radius 1 is 0.304 bits per heavy atom. The lowest BCUT2D eigenvalue weighted by Gasteiger charge is -2.32. The molecule has 46 heavy (non-hydrogen) atoms. The van der Waals surface area contributed by atoms with Gasteiger partial charge in [-0.15, -0.1) is 0 Å². The zero-order chi connectivity index (χ0) is 35.2. The van der Waals surface area contributed by atoms with Gasteiger partial charge in [0.25, 0.3) is 0 Å². The lowest BCUT2D eigenvalue weighted by atomic mass is 10.6. The van der Waals surface area contributed by atoms with E-state index in [1.165, 1.54) is 6.67 Å². The van der Waals surface area contributed by atoms with E-state index in [2.05, 4.69) is 189 Å². The van der Waals surface area contributed by atoms with Crippen LogP contribution in [0.25, 0.3) is 0 Å². The molecule has 0 aromatic heterocycles.